The van der Waals surface area contributed by atoms with E-state index >= 15 is 0 Å². The van der Waals surface area contributed by atoms with Crippen LogP contribution in [0.4, 0.5) is 11.4 Å². The Morgan fingerprint density at radius 1 is 1.35 bits per heavy atom. The zero-order chi connectivity index (χ0) is 14.7. The molecule has 5 heteroatoms. The quantitative estimate of drug-likeness (QED) is 0.828. The number of hydrogen-bond donors (Lipinski definition) is 2. The van der Waals surface area contributed by atoms with Gasteiger partial charge in [-0.1, -0.05) is 28.1 Å². The van der Waals surface area contributed by atoms with Gasteiger partial charge in [0.25, 0.3) is 5.91 Å². The average Bonchev–Trinajstić information content (AvgIpc) is 2.41. The fourth-order valence-electron chi connectivity index (χ4n) is 1.84. The Bertz CT molecular complexity index is 720. The molecule has 2 aromatic carbocycles. The van der Waals surface area contributed by atoms with Crippen molar-refractivity contribution in [3.8, 4) is 6.07 Å². The summed E-state index contributed by atoms with van der Waals surface area (Å²) < 4.78 is 0.765. The van der Waals surface area contributed by atoms with Crippen molar-refractivity contribution in [3.05, 3.63) is 57.6 Å². The van der Waals surface area contributed by atoms with Crippen LogP contribution in [0.5, 0.6) is 0 Å². The largest absolute Gasteiger partial charge is 0.398 e. The number of nitrogens with one attached hydrogen (secondary N) is 1. The van der Waals surface area contributed by atoms with Gasteiger partial charge in [0.2, 0.25) is 0 Å². The predicted octanol–water partition coefficient (Wildman–Crippen LogP) is 3.46. The summed E-state index contributed by atoms with van der Waals surface area (Å²) in [4.78, 5) is 12.2. The Kier molecular flexibility index (Phi) is 4.06. The Balaban J connectivity index is 2.36. The van der Waals surface area contributed by atoms with Crippen LogP contribution < -0.4 is 11.1 Å². The van der Waals surface area contributed by atoms with Crippen molar-refractivity contribution in [1.82, 2.24) is 0 Å². The first-order valence-corrected chi connectivity index (χ1v) is 6.68. The maximum atomic E-state index is 12.2. The van der Waals surface area contributed by atoms with Crippen LogP contribution >= 0.6 is 15.9 Å². The highest BCUT2D eigenvalue weighted by molar-refractivity contribution is 9.10. The smallest absolute Gasteiger partial charge is 0.257 e. The lowest BCUT2D eigenvalue weighted by molar-refractivity contribution is 0.102. The number of nitrogens with two attached hydrogens (primary N) is 1. The van der Waals surface area contributed by atoms with Gasteiger partial charge in [-0.05, 0) is 36.8 Å². The number of aryl methyl sites for hydroxylation is 1. The highest BCUT2D eigenvalue weighted by Gasteiger charge is 2.13. The number of amides is 1. The molecule has 0 unspecified atom stereocenters. The van der Waals surface area contributed by atoms with E-state index in [4.69, 9.17) is 11.0 Å². The molecule has 0 fully saturated rings. The van der Waals surface area contributed by atoms with Gasteiger partial charge >= 0.3 is 0 Å². The number of hydrogen-bond acceptors (Lipinski definition) is 3. The number of carbonyl (C=O) groups is 1. The predicted molar refractivity (Wildman–Crippen MR) is 82.4 cm³/mol. The van der Waals surface area contributed by atoms with Crippen molar-refractivity contribution >= 4 is 33.2 Å². The van der Waals surface area contributed by atoms with E-state index in [1.165, 1.54) is 0 Å². The highest BCUT2D eigenvalue weighted by Crippen LogP contribution is 2.22. The minimum absolute atomic E-state index is 0.342. The molecule has 100 valence electrons. The van der Waals surface area contributed by atoms with Crippen LogP contribution in [0, 0.1) is 18.3 Å². The summed E-state index contributed by atoms with van der Waals surface area (Å²) in [5.74, 6) is -0.342. The third-order valence-corrected chi connectivity index (χ3v) is 3.39. The minimum Gasteiger partial charge on any atom is -0.398 e. The zero-order valence-electron chi connectivity index (χ0n) is 10.8. The summed E-state index contributed by atoms with van der Waals surface area (Å²) in [6.07, 6.45) is 0. The highest BCUT2D eigenvalue weighted by atomic mass is 79.9. The lowest BCUT2D eigenvalue weighted by Gasteiger charge is -2.10. The average molecular weight is 330 g/mol. The normalized spacial score (nSPS) is 9.85. The van der Waals surface area contributed by atoms with Crippen molar-refractivity contribution in [2.24, 2.45) is 0 Å². The van der Waals surface area contributed by atoms with E-state index in [2.05, 4.69) is 27.3 Å². The molecule has 2 rings (SSSR count). The number of benzene rings is 2. The molecule has 0 spiro atoms. The number of nitrogens with zero attached hydrogens (tertiary/aromatic N) is 1. The number of nitriles is 1. The molecule has 0 aromatic heterocycles. The Labute approximate surface area is 125 Å². The van der Waals surface area contributed by atoms with Crippen LogP contribution in [0.3, 0.4) is 0 Å². The molecular formula is C15H12BrN3O. The molecule has 0 radical (unpaired) electrons. The second-order valence-corrected chi connectivity index (χ2v) is 5.21. The fraction of sp³-hybridized carbons (Fsp3) is 0.0667. The van der Waals surface area contributed by atoms with Gasteiger partial charge in [-0.3, -0.25) is 4.79 Å². The molecule has 0 saturated carbocycles. The topological polar surface area (TPSA) is 78.9 Å². The van der Waals surface area contributed by atoms with Gasteiger partial charge in [0.1, 0.15) is 6.07 Å². The van der Waals surface area contributed by atoms with Crippen LogP contribution in [-0.2, 0) is 0 Å². The van der Waals surface area contributed by atoms with Crippen LogP contribution in [0.2, 0.25) is 0 Å². The number of halogens is 1. The van der Waals surface area contributed by atoms with Crippen molar-refractivity contribution < 1.29 is 4.79 Å². The summed E-state index contributed by atoms with van der Waals surface area (Å²) in [5, 5.41) is 11.9. The first kappa shape index (κ1) is 14.1. The molecule has 0 heterocycles. The second-order valence-electron chi connectivity index (χ2n) is 4.29. The molecule has 0 aliphatic rings. The summed E-state index contributed by atoms with van der Waals surface area (Å²) in [6.45, 7) is 1.82. The fourth-order valence-corrected chi connectivity index (χ4v) is 2.20. The molecule has 0 bridgehead atoms. The van der Waals surface area contributed by atoms with Crippen LogP contribution in [0.25, 0.3) is 0 Å². The van der Waals surface area contributed by atoms with E-state index in [1.54, 1.807) is 30.3 Å². The second kappa shape index (κ2) is 5.76. The maximum Gasteiger partial charge on any atom is 0.257 e. The van der Waals surface area contributed by atoms with E-state index in [1.807, 2.05) is 13.0 Å². The SMILES string of the molecule is Cc1cccc(NC(=O)c2cc(Br)ccc2N)c1C#N. The van der Waals surface area contributed by atoms with Crippen LogP contribution in [0.1, 0.15) is 21.5 Å². The molecule has 4 nitrogen and oxygen atoms in total. The first-order chi connectivity index (χ1) is 9.52. The zero-order valence-corrected chi connectivity index (χ0v) is 12.4. The van der Waals surface area contributed by atoms with Gasteiger partial charge in [-0.25, -0.2) is 0 Å². The molecule has 0 aliphatic heterocycles. The van der Waals surface area contributed by atoms with Crippen molar-refractivity contribution in [2.75, 3.05) is 11.1 Å². The number of nitrogen functional groups attached to an aromatic ring is 1. The van der Waals surface area contributed by atoms with E-state index < -0.39 is 0 Å². The van der Waals surface area contributed by atoms with Gasteiger partial charge in [-0.15, -0.1) is 0 Å². The molecule has 20 heavy (non-hydrogen) atoms. The lowest BCUT2D eigenvalue weighted by atomic mass is 10.1. The van der Waals surface area contributed by atoms with Crippen molar-refractivity contribution in [3.63, 3.8) is 0 Å². The van der Waals surface area contributed by atoms with Gasteiger partial charge in [-0.2, -0.15) is 5.26 Å². The van der Waals surface area contributed by atoms with Crippen LogP contribution in [0.15, 0.2) is 40.9 Å². The van der Waals surface area contributed by atoms with Gasteiger partial charge < -0.3 is 11.1 Å². The van der Waals surface area contributed by atoms with Crippen molar-refractivity contribution in [2.45, 2.75) is 6.92 Å². The summed E-state index contributed by atoms with van der Waals surface area (Å²) in [6, 6.07) is 12.5. The molecule has 2 aromatic rings. The van der Waals surface area contributed by atoms with Gasteiger partial charge in [0, 0.05) is 10.2 Å². The first-order valence-electron chi connectivity index (χ1n) is 5.89. The third-order valence-electron chi connectivity index (χ3n) is 2.89. The van der Waals surface area contributed by atoms with E-state index in [0.29, 0.717) is 22.5 Å². The lowest BCUT2D eigenvalue weighted by Crippen LogP contribution is -2.15. The molecule has 1 amide bonds. The Morgan fingerprint density at radius 2 is 2.10 bits per heavy atom. The molecule has 0 saturated heterocycles. The van der Waals surface area contributed by atoms with Crippen molar-refractivity contribution in [1.29, 1.82) is 5.26 Å². The molecule has 0 atom stereocenters. The monoisotopic (exact) mass is 329 g/mol. The van der Waals surface area contributed by atoms with E-state index in [-0.39, 0.29) is 5.91 Å². The molecular weight excluding hydrogens is 318 g/mol. The molecule has 3 N–H and O–H groups in total. The van der Waals surface area contributed by atoms with Gasteiger partial charge in [0.15, 0.2) is 0 Å². The third kappa shape index (κ3) is 2.81. The van der Waals surface area contributed by atoms with E-state index in [9.17, 15) is 4.79 Å². The summed E-state index contributed by atoms with van der Waals surface area (Å²) in [5.41, 5.74) is 8.30. The van der Waals surface area contributed by atoms with Gasteiger partial charge in [0.05, 0.1) is 16.8 Å². The molecule has 0 aliphatic carbocycles. The standard InChI is InChI=1S/C15H12BrN3O/c1-9-3-2-4-14(12(9)8-17)19-15(20)11-7-10(16)5-6-13(11)18/h2-7H,18H2,1H3,(H,19,20). The number of anilines is 2. The minimum atomic E-state index is -0.342. The van der Waals surface area contributed by atoms with E-state index in [0.717, 1.165) is 10.0 Å². The summed E-state index contributed by atoms with van der Waals surface area (Å²) in [7, 11) is 0. The Hall–Kier alpha value is -2.32. The number of carbonyl (C=O) groups excluding carboxylic acids is 1. The summed E-state index contributed by atoms with van der Waals surface area (Å²) >= 11 is 3.30. The maximum absolute atomic E-state index is 12.2. The Morgan fingerprint density at radius 3 is 2.80 bits per heavy atom. The number of rotatable bonds is 2. The van der Waals surface area contributed by atoms with Crippen LogP contribution in [-0.4, -0.2) is 5.91 Å².